The molecule has 1 amide bonds. The van der Waals surface area contributed by atoms with Gasteiger partial charge in [0, 0.05) is 6.07 Å². The molecule has 1 heterocycles. The quantitative estimate of drug-likeness (QED) is 0.834. The predicted octanol–water partition coefficient (Wildman–Crippen LogP) is 1.80. The highest BCUT2D eigenvalue weighted by Gasteiger charge is 2.19. The van der Waals surface area contributed by atoms with Crippen LogP contribution in [0.5, 0.6) is 5.75 Å². The van der Waals surface area contributed by atoms with Gasteiger partial charge in [0.1, 0.15) is 5.75 Å². The first kappa shape index (κ1) is 14.1. The highest BCUT2D eigenvalue weighted by Crippen LogP contribution is 2.29. The molecule has 1 atom stereocenters. The molecule has 3 N–H and O–H groups in total. The molecule has 8 heteroatoms. The monoisotopic (exact) mass is 296 g/mol. The number of hydrogen-bond acceptors (Lipinski definition) is 6. The number of halogens is 1. The van der Waals surface area contributed by atoms with Crippen LogP contribution in [0.15, 0.2) is 23.0 Å². The second-order valence-electron chi connectivity index (χ2n) is 4.06. The van der Waals surface area contributed by atoms with Gasteiger partial charge in [-0.3, -0.25) is 4.79 Å². The second-order valence-corrected chi connectivity index (χ2v) is 4.47. The smallest absolute Gasteiger partial charge is 0.255 e. The van der Waals surface area contributed by atoms with Crippen molar-refractivity contribution in [3.63, 3.8) is 0 Å². The van der Waals surface area contributed by atoms with E-state index >= 15 is 0 Å². The Labute approximate surface area is 120 Å². The van der Waals surface area contributed by atoms with E-state index in [1.54, 1.807) is 6.92 Å². The van der Waals surface area contributed by atoms with Gasteiger partial charge in [0.05, 0.1) is 29.4 Å². The van der Waals surface area contributed by atoms with Gasteiger partial charge in [0.25, 0.3) is 5.91 Å². The summed E-state index contributed by atoms with van der Waals surface area (Å²) in [5.41, 5.74) is 6.29. The summed E-state index contributed by atoms with van der Waals surface area (Å²) in [6, 6.07) is 2.53. The summed E-state index contributed by atoms with van der Waals surface area (Å²) in [5.74, 6) is 0.338. The second kappa shape index (κ2) is 5.79. The number of carbonyl (C=O) groups excluding carboxylic acids is 1. The number of aromatic nitrogens is 2. The van der Waals surface area contributed by atoms with E-state index in [-0.39, 0.29) is 16.5 Å². The fourth-order valence-corrected chi connectivity index (χ4v) is 1.79. The predicted molar refractivity (Wildman–Crippen MR) is 72.6 cm³/mol. The SMILES string of the molecule is COc1cc(N)c(Cl)cc1C(=O)NC(C)c1ncon1. The van der Waals surface area contributed by atoms with Crippen molar-refractivity contribution in [3.8, 4) is 5.75 Å². The number of methoxy groups -OCH3 is 1. The summed E-state index contributed by atoms with van der Waals surface area (Å²) in [5, 5.41) is 6.66. The van der Waals surface area contributed by atoms with Crippen LogP contribution in [0.1, 0.15) is 29.1 Å². The van der Waals surface area contributed by atoms with E-state index in [4.69, 9.17) is 22.1 Å². The number of rotatable bonds is 4. The minimum absolute atomic E-state index is 0.280. The van der Waals surface area contributed by atoms with Crippen molar-refractivity contribution in [3.05, 3.63) is 34.9 Å². The van der Waals surface area contributed by atoms with E-state index in [9.17, 15) is 4.79 Å². The summed E-state index contributed by atoms with van der Waals surface area (Å²) < 4.78 is 9.75. The van der Waals surface area contributed by atoms with Gasteiger partial charge in [-0.1, -0.05) is 16.8 Å². The standard InChI is InChI=1S/C12H13ClN4O3/c1-6(11-15-5-20-17-11)16-12(18)7-3-8(13)9(14)4-10(7)19-2/h3-6H,14H2,1-2H3,(H,16,18). The van der Waals surface area contributed by atoms with Crippen molar-refractivity contribution in [1.29, 1.82) is 0 Å². The third-order valence-electron chi connectivity index (χ3n) is 2.68. The molecule has 0 spiro atoms. The van der Waals surface area contributed by atoms with Crippen LogP contribution in [0.25, 0.3) is 0 Å². The van der Waals surface area contributed by atoms with Gasteiger partial charge in [-0.05, 0) is 13.0 Å². The highest BCUT2D eigenvalue weighted by atomic mass is 35.5. The van der Waals surface area contributed by atoms with E-state index in [1.165, 1.54) is 25.6 Å². The van der Waals surface area contributed by atoms with Gasteiger partial charge in [0.15, 0.2) is 5.82 Å². The van der Waals surface area contributed by atoms with Gasteiger partial charge in [-0.15, -0.1) is 0 Å². The van der Waals surface area contributed by atoms with E-state index in [0.717, 1.165) is 0 Å². The maximum atomic E-state index is 12.2. The Balaban J connectivity index is 2.23. The van der Waals surface area contributed by atoms with Crippen LogP contribution in [-0.2, 0) is 0 Å². The summed E-state index contributed by atoms with van der Waals surface area (Å²) in [6.07, 6.45) is 1.19. The topological polar surface area (TPSA) is 103 Å². The average Bonchev–Trinajstić information content (AvgIpc) is 2.95. The Morgan fingerprint density at radius 2 is 2.30 bits per heavy atom. The van der Waals surface area contributed by atoms with Crippen LogP contribution in [0.2, 0.25) is 5.02 Å². The Bertz CT molecular complexity index is 615. The molecule has 20 heavy (non-hydrogen) atoms. The molecule has 0 fully saturated rings. The maximum absolute atomic E-state index is 12.2. The summed E-state index contributed by atoms with van der Waals surface area (Å²) in [6.45, 7) is 1.73. The van der Waals surface area contributed by atoms with Crippen molar-refractivity contribution >= 4 is 23.2 Å². The van der Waals surface area contributed by atoms with Crippen LogP contribution in [0, 0.1) is 0 Å². The largest absolute Gasteiger partial charge is 0.496 e. The van der Waals surface area contributed by atoms with Crippen molar-refractivity contribution < 1.29 is 14.1 Å². The Morgan fingerprint density at radius 1 is 1.55 bits per heavy atom. The molecule has 106 valence electrons. The number of anilines is 1. The molecule has 1 unspecified atom stereocenters. The summed E-state index contributed by atoms with van der Waals surface area (Å²) >= 11 is 5.92. The molecule has 0 saturated carbocycles. The Hall–Kier alpha value is -2.28. The van der Waals surface area contributed by atoms with Crippen LogP contribution < -0.4 is 15.8 Å². The molecule has 2 aromatic rings. The third kappa shape index (κ3) is 2.83. The molecule has 0 aliphatic heterocycles. The summed E-state index contributed by atoms with van der Waals surface area (Å²) in [7, 11) is 1.45. The fourth-order valence-electron chi connectivity index (χ4n) is 1.62. The Kier molecular flexibility index (Phi) is 4.09. The first-order chi connectivity index (χ1) is 9.52. The lowest BCUT2D eigenvalue weighted by Crippen LogP contribution is -2.27. The van der Waals surface area contributed by atoms with Crippen molar-refractivity contribution in [2.75, 3.05) is 12.8 Å². The van der Waals surface area contributed by atoms with E-state index in [0.29, 0.717) is 17.3 Å². The number of ether oxygens (including phenoxy) is 1. The number of hydrogen-bond donors (Lipinski definition) is 2. The Morgan fingerprint density at radius 3 is 2.90 bits per heavy atom. The number of benzene rings is 1. The zero-order valence-electron chi connectivity index (χ0n) is 10.9. The van der Waals surface area contributed by atoms with Gasteiger partial charge < -0.3 is 20.3 Å². The van der Waals surface area contributed by atoms with E-state index in [1.807, 2.05) is 0 Å². The van der Waals surface area contributed by atoms with Crippen LogP contribution in [0.3, 0.4) is 0 Å². The van der Waals surface area contributed by atoms with E-state index in [2.05, 4.69) is 20.0 Å². The molecule has 2 rings (SSSR count). The number of nitrogen functional groups attached to an aromatic ring is 1. The lowest BCUT2D eigenvalue weighted by atomic mass is 10.1. The first-order valence-corrected chi connectivity index (χ1v) is 6.11. The van der Waals surface area contributed by atoms with E-state index < -0.39 is 6.04 Å². The normalized spacial score (nSPS) is 11.9. The molecule has 0 aliphatic carbocycles. The fraction of sp³-hybridized carbons (Fsp3) is 0.250. The first-order valence-electron chi connectivity index (χ1n) is 5.73. The molecule has 1 aromatic carbocycles. The molecule has 0 bridgehead atoms. The van der Waals surface area contributed by atoms with Crippen molar-refractivity contribution in [2.45, 2.75) is 13.0 Å². The molecule has 7 nitrogen and oxygen atoms in total. The highest BCUT2D eigenvalue weighted by molar-refractivity contribution is 6.33. The van der Waals surface area contributed by atoms with Crippen LogP contribution in [0.4, 0.5) is 5.69 Å². The number of nitrogens with one attached hydrogen (secondary N) is 1. The van der Waals surface area contributed by atoms with Crippen LogP contribution >= 0.6 is 11.6 Å². The number of nitrogens with zero attached hydrogens (tertiary/aromatic N) is 2. The molecular weight excluding hydrogens is 284 g/mol. The summed E-state index contributed by atoms with van der Waals surface area (Å²) in [4.78, 5) is 16.1. The lowest BCUT2D eigenvalue weighted by molar-refractivity contribution is 0.0935. The van der Waals surface area contributed by atoms with Crippen LogP contribution in [-0.4, -0.2) is 23.2 Å². The number of amides is 1. The lowest BCUT2D eigenvalue weighted by Gasteiger charge is -2.13. The number of nitrogens with two attached hydrogens (primary N) is 1. The molecule has 0 radical (unpaired) electrons. The maximum Gasteiger partial charge on any atom is 0.255 e. The van der Waals surface area contributed by atoms with Gasteiger partial charge in [0.2, 0.25) is 6.39 Å². The zero-order chi connectivity index (χ0) is 14.7. The minimum Gasteiger partial charge on any atom is -0.496 e. The van der Waals surface area contributed by atoms with Gasteiger partial charge >= 0.3 is 0 Å². The van der Waals surface area contributed by atoms with Crippen molar-refractivity contribution in [2.24, 2.45) is 0 Å². The third-order valence-corrected chi connectivity index (χ3v) is 3.00. The molecule has 0 aliphatic rings. The number of carbonyl (C=O) groups is 1. The van der Waals surface area contributed by atoms with Gasteiger partial charge in [-0.25, -0.2) is 0 Å². The van der Waals surface area contributed by atoms with Gasteiger partial charge in [-0.2, -0.15) is 4.98 Å². The molecule has 0 saturated heterocycles. The van der Waals surface area contributed by atoms with Crippen molar-refractivity contribution in [1.82, 2.24) is 15.5 Å². The molecular formula is C12H13ClN4O3. The average molecular weight is 297 g/mol. The zero-order valence-corrected chi connectivity index (χ0v) is 11.6. The minimum atomic E-state index is -0.415. The molecule has 1 aromatic heterocycles.